The van der Waals surface area contributed by atoms with Gasteiger partial charge in [0, 0.05) is 18.3 Å². The van der Waals surface area contributed by atoms with E-state index in [1.807, 2.05) is 10.9 Å². The Morgan fingerprint density at radius 2 is 2.00 bits per heavy atom. The molecule has 0 spiro atoms. The maximum atomic E-state index is 4.70. The summed E-state index contributed by atoms with van der Waals surface area (Å²) < 4.78 is 5.40. The summed E-state index contributed by atoms with van der Waals surface area (Å²) in [7, 11) is 0. The summed E-state index contributed by atoms with van der Waals surface area (Å²) in [6, 6.07) is 0. The Labute approximate surface area is 122 Å². The molecule has 0 aliphatic heterocycles. The second-order valence-electron chi connectivity index (χ2n) is 4.28. The van der Waals surface area contributed by atoms with Gasteiger partial charge in [-0.2, -0.15) is 10.2 Å². The summed E-state index contributed by atoms with van der Waals surface area (Å²) in [6.45, 7) is 8.17. The van der Waals surface area contributed by atoms with E-state index in [4.69, 9.17) is 5.10 Å². The summed E-state index contributed by atoms with van der Waals surface area (Å²) in [5.74, 6) is 0. The molecule has 0 atom stereocenters. The van der Waals surface area contributed by atoms with Crippen molar-refractivity contribution in [3.8, 4) is 0 Å². The Morgan fingerprint density at radius 1 is 1.22 bits per heavy atom. The van der Waals surface area contributed by atoms with E-state index >= 15 is 0 Å². The van der Waals surface area contributed by atoms with Crippen LogP contribution in [0.3, 0.4) is 0 Å². The molecule has 2 aromatic rings. The maximum Gasteiger partial charge on any atom is 0.0758 e. The van der Waals surface area contributed by atoms with E-state index in [-0.39, 0.29) is 0 Å². The second kappa shape index (κ2) is 5.86. The number of halogens is 1. The minimum atomic E-state index is 0.819. The molecule has 2 heterocycles. The van der Waals surface area contributed by atoms with E-state index in [9.17, 15) is 0 Å². The first-order valence-electron chi connectivity index (χ1n) is 6.44. The van der Waals surface area contributed by atoms with Crippen LogP contribution in [-0.4, -0.2) is 19.6 Å². The van der Waals surface area contributed by atoms with E-state index in [1.165, 1.54) is 20.5 Å². The van der Waals surface area contributed by atoms with Crippen molar-refractivity contribution in [2.75, 3.05) is 0 Å². The van der Waals surface area contributed by atoms with E-state index in [0.717, 1.165) is 25.9 Å². The Bertz CT molecular complexity index is 527. The fraction of sp³-hybridized carbons (Fsp3) is 0.538. The SMILES string of the molecule is CCc1nn(Cc2cnn(CC)c2)c(CC)c1I. The molecule has 0 fully saturated rings. The molecule has 0 amide bonds. The summed E-state index contributed by atoms with van der Waals surface area (Å²) in [5.41, 5.74) is 3.75. The average Bonchev–Trinajstić information content (AvgIpc) is 2.94. The van der Waals surface area contributed by atoms with Gasteiger partial charge in [-0.05, 0) is 42.4 Å². The van der Waals surface area contributed by atoms with Gasteiger partial charge in [-0.3, -0.25) is 9.36 Å². The van der Waals surface area contributed by atoms with Gasteiger partial charge >= 0.3 is 0 Å². The lowest BCUT2D eigenvalue weighted by Crippen LogP contribution is -2.06. The van der Waals surface area contributed by atoms with Crippen LogP contribution in [-0.2, 0) is 25.9 Å². The number of hydrogen-bond donors (Lipinski definition) is 0. The van der Waals surface area contributed by atoms with E-state index in [2.05, 4.69) is 59.3 Å². The highest BCUT2D eigenvalue weighted by Gasteiger charge is 2.13. The molecular formula is C13H19IN4. The zero-order chi connectivity index (χ0) is 13.1. The number of aromatic nitrogens is 4. The van der Waals surface area contributed by atoms with Gasteiger partial charge in [-0.25, -0.2) is 0 Å². The summed E-state index contributed by atoms with van der Waals surface area (Å²) in [5, 5.41) is 9.01. The van der Waals surface area contributed by atoms with Crippen molar-refractivity contribution in [3.05, 3.63) is 32.9 Å². The number of nitrogens with zero attached hydrogens (tertiary/aromatic N) is 4. The molecule has 0 aliphatic carbocycles. The molecule has 2 rings (SSSR count). The fourth-order valence-electron chi connectivity index (χ4n) is 2.06. The van der Waals surface area contributed by atoms with Crippen LogP contribution in [0.15, 0.2) is 12.4 Å². The summed E-state index contributed by atoms with van der Waals surface area (Å²) in [4.78, 5) is 0. The molecule has 0 saturated carbocycles. The van der Waals surface area contributed by atoms with Crippen molar-refractivity contribution in [2.24, 2.45) is 0 Å². The third-order valence-corrected chi connectivity index (χ3v) is 4.32. The molecule has 4 nitrogen and oxygen atoms in total. The van der Waals surface area contributed by atoms with Crippen LogP contribution in [0.5, 0.6) is 0 Å². The van der Waals surface area contributed by atoms with Crippen molar-refractivity contribution in [3.63, 3.8) is 0 Å². The highest BCUT2D eigenvalue weighted by Crippen LogP contribution is 2.19. The Hall–Kier alpha value is -0.850. The predicted molar refractivity (Wildman–Crippen MR) is 80.7 cm³/mol. The van der Waals surface area contributed by atoms with Crippen molar-refractivity contribution in [1.29, 1.82) is 0 Å². The molecule has 0 aliphatic rings. The second-order valence-corrected chi connectivity index (χ2v) is 5.36. The molecule has 2 aromatic heterocycles. The number of aryl methyl sites for hydroxylation is 2. The van der Waals surface area contributed by atoms with Gasteiger partial charge in [0.25, 0.3) is 0 Å². The van der Waals surface area contributed by atoms with Crippen LogP contribution in [0.25, 0.3) is 0 Å². The average molecular weight is 358 g/mol. The normalized spacial score (nSPS) is 11.1. The first-order valence-corrected chi connectivity index (χ1v) is 7.52. The smallest absolute Gasteiger partial charge is 0.0758 e. The lowest BCUT2D eigenvalue weighted by molar-refractivity contribution is 0.635. The lowest BCUT2D eigenvalue weighted by Gasteiger charge is -2.04. The van der Waals surface area contributed by atoms with Gasteiger partial charge in [0.05, 0.1) is 27.7 Å². The van der Waals surface area contributed by atoms with Gasteiger partial charge in [0.1, 0.15) is 0 Å². The van der Waals surface area contributed by atoms with Gasteiger partial charge in [-0.15, -0.1) is 0 Å². The van der Waals surface area contributed by atoms with E-state index in [1.54, 1.807) is 0 Å². The van der Waals surface area contributed by atoms with E-state index < -0.39 is 0 Å². The third-order valence-electron chi connectivity index (χ3n) is 3.07. The van der Waals surface area contributed by atoms with Crippen molar-refractivity contribution < 1.29 is 0 Å². The Kier molecular flexibility index (Phi) is 4.42. The van der Waals surface area contributed by atoms with Crippen molar-refractivity contribution in [2.45, 2.75) is 46.7 Å². The van der Waals surface area contributed by atoms with Crippen LogP contribution < -0.4 is 0 Å². The van der Waals surface area contributed by atoms with Crippen LogP contribution in [0.1, 0.15) is 37.7 Å². The highest BCUT2D eigenvalue weighted by atomic mass is 127. The van der Waals surface area contributed by atoms with E-state index in [0.29, 0.717) is 0 Å². The minimum Gasteiger partial charge on any atom is -0.273 e. The monoisotopic (exact) mass is 358 g/mol. The van der Waals surface area contributed by atoms with Gasteiger partial charge in [0.2, 0.25) is 0 Å². The first-order chi connectivity index (χ1) is 8.69. The fourth-order valence-corrected chi connectivity index (χ4v) is 3.21. The van der Waals surface area contributed by atoms with Gasteiger partial charge in [0.15, 0.2) is 0 Å². The standard InChI is InChI=1S/C13H19IN4/c1-4-11-13(14)12(5-2)18(16-11)9-10-7-15-17(6-3)8-10/h7-8H,4-6,9H2,1-3H3. The molecule has 0 radical (unpaired) electrons. The van der Waals surface area contributed by atoms with Crippen molar-refractivity contribution >= 4 is 22.6 Å². The van der Waals surface area contributed by atoms with Gasteiger partial charge in [-0.1, -0.05) is 13.8 Å². The molecule has 18 heavy (non-hydrogen) atoms. The largest absolute Gasteiger partial charge is 0.273 e. The molecule has 0 bridgehead atoms. The summed E-state index contributed by atoms with van der Waals surface area (Å²) in [6.07, 6.45) is 6.04. The summed E-state index contributed by atoms with van der Waals surface area (Å²) >= 11 is 2.41. The quantitative estimate of drug-likeness (QED) is 0.771. The molecule has 98 valence electrons. The lowest BCUT2D eigenvalue weighted by atomic mass is 10.2. The molecule has 0 aromatic carbocycles. The van der Waals surface area contributed by atoms with Crippen molar-refractivity contribution in [1.82, 2.24) is 19.6 Å². The molecular weight excluding hydrogens is 339 g/mol. The topological polar surface area (TPSA) is 35.6 Å². The predicted octanol–water partition coefficient (Wildman–Crippen LogP) is 2.88. The number of hydrogen-bond acceptors (Lipinski definition) is 2. The Balaban J connectivity index is 2.27. The highest BCUT2D eigenvalue weighted by molar-refractivity contribution is 14.1. The molecule has 0 N–H and O–H groups in total. The maximum absolute atomic E-state index is 4.70. The van der Waals surface area contributed by atoms with Crippen LogP contribution in [0.4, 0.5) is 0 Å². The van der Waals surface area contributed by atoms with Crippen LogP contribution in [0, 0.1) is 3.57 Å². The Morgan fingerprint density at radius 3 is 2.56 bits per heavy atom. The van der Waals surface area contributed by atoms with Crippen LogP contribution in [0.2, 0.25) is 0 Å². The molecule has 0 unspecified atom stereocenters. The van der Waals surface area contributed by atoms with Gasteiger partial charge < -0.3 is 0 Å². The zero-order valence-corrected chi connectivity index (χ0v) is 13.3. The number of rotatable bonds is 5. The molecule has 5 heteroatoms. The third kappa shape index (κ3) is 2.60. The first kappa shape index (κ1) is 13.6. The molecule has 0 saturated heterocycles. The van der Waals surface area contributed by atoms with Crippen LogP contribution >= 0.6 is 22.6 Å². The zero-order valence-electron chi connectivity index (χ0n) is 11.1. The minimum absolute atomic E-state index is 0.819.